The first kappa shape index (κ1) is 19.8. The average Bonchev–Trinajstić information content (AvgIpc) is 2.55. The third kappa shape index (κ3) is 8.20. The Hall–Kier alpha value is -2.16. The van der Waals surface area contributed by atoms with Crippen LogP contribution in [-0.2, 0) is 4.79 Å². The van der Waals surface area contributed by atoms with E-state index in [0.29, 0.717) is 6.42 Å². The van der Waals surface area contributed by atoms with Gasteiger partial charge >= 0.3 is 0 Å². The van der Waals surface area contributed by atoms with Crippen LogP contribution in [0.3, 0.4) is 0 Å². The van der Waals surface area contributed by atoms with Gasteiger partial charge in [-0.15, -0.1) is 0 Å². The van der Waals surface area contributed by atoms with Gasteiger partial charge in [-0.05, 0) is 26.0 Å². The molecule has 1 N–H and O–H groups in total. The van der Waals surface area contributed by atoms with Crippen molar-refractivity contribution in [2.75, 3.05) is 5.32 Å². The Labute approximate surface area is 133 Å². The van der Waals surface area contributed by atoms with Gasteiger partial charge < -0.3 is 5.32 Å². The molecule has 0 spiro atoms. The van der Waals surface area contributed by atoms with E-state index in [9.17, 15) is 9.18 Å². The highest BCUT2D eigenvalue weighted by atomic mass is 19.1. The standard InChI is InChI=1S/C9H10FNO.C8H10.C2H6/c1-2-9(12)11-8-6-4-3-5-7(8)10;1-7-3-5-8(2)6-4-7;1-2/h3-6H,2H2,1H3,(H,11,12);3-6H,1-2H3;1-2H3. The van der Waals surface area contributed by atoms with Gasteiger partial charge in [0.2, 0.25) is 5.91 Å². The lowest BCUT2D eigenvalue weighted by Gasteiger charge is -2.03. The Bertz CT molecular complexity index is 529. The Morgan fingerprint density at radius 1 is 0.955 bits per heavy atom. The number of benzene rings is 2. The topological polar surface area (TPSA) is 29.1 Å². The molecule has 0 aromatic heterocycles. The second-order valence-corrected chi connectivity index (χ2v) is 4.54. The number of hydrogen-bond acceptors (Lipinski definition) is 1. The zero-order chi connectivity index (χ0) is 17.0. The molecule has 0 fully saturated rings. The Morgan fingerprint density at radius 3 is 1.82 bits per heavy atom. The van der Waals surface area contributed by atoms with Crippen LogP contribution >= 0.6 is 0 Å². The molecule has 0 unspecified atom stereocenters. The number of anilines is 1. The lowest BCUT2D eigenvalue weighted by atomic mass is 10.2. The molecule has 120 valence electrons. The highest BCUT2D eigenvalue weighted by Crippen LogP contribution is 2.12. The number of para-hydroxylation sites is 1. The van der Waals surface area contributed by atoms with Crippen molar-refractivity contribution in [1.29, 1.82) is 0 Å². The summed E-state index contributed by atoms with van der Waals surface area (Å²) in [5.74, 6) is -0.584. The third-order valence-corrected chi connectivity index (χ3v) is 2.69. The van der Waals surface area contributed by atoms with E-state index in [1.54, 1.807) is 19.1 Å². The van der Waals surface area contributed by atoms with Crippen LogP contribution in [0.5, 0.6) is 0 Å². The van der Waals surface area contributed by atoms with Gasteiger partial charge in [-0.1, -0.05) is 68.3 Å². The predicted octanol–water partition coefficient (Wildman–Crippen LogP) is 5.50. The van der Waals surface area contributed by atoms with Crippen LogP contribution in [0.2, 0.25) is 0 Å². The number of amides is 1. The second kappa shape index (κ2) is 11.5. The molecule has 2 aromatic rings. The minimum absolute atomic E-state index is 0.180. The quantitative estimate of drug-likeness (QED) is 0.779. The summed E-state index contributed by atoms with van der Waals surface area (Å²) >= 11 is 0. The lowest BCUT2D eigenvalue weighted by Crippen LogP contribution is -2.10. The van der Waals surface area contributed by atoms with Gasteiger partial charge in [0.1, 0.15) is 5.82 Å². The van der Waals surface area contributed by atoms with Crippen LogP contribution in [0.1, 0.15) is 38.3 Å². The van der Waals surface area contributed by atoms with E-state index in [4.69, 9.17) is 0 Å². The van der Waals surface area contributed by atoms with Crippen LogP contribution < -0.4 is 5.32 Å². The van der Waals surface area contributed by atoms with Crippen LogP contribution in [0.25, 0.3) is 0 Å². The van der Waals surface area contributed by atoms with Gasteiger partial charge in [0.25, 0.3) is 0 Å². The van der Waals surface area contributed by atoms with Crippen LogP contribution in [-0.4, -0.2) is 5.91 Å². The normalized spacial score (nSPS) is 8.82. The summed E-state index contributed by atoms with van der Waals surface area (Å²) in [5, 5.41) is 2.45. The summed E-state index contributed by atoms with van der Waals surface area (Å²) in [5.41, 5.74) is 2.90. The van der Waals surface area contributed by atoms with Crippen molar-refractivity contribution in [2.45, 2.75) is 41.0 Å². The minimum atomic E-state index is -0.403. The van der Waals surface area contributed by atoms with Gasteiger partial charge in [-0.3, -0.25) is 4.79 Å². The number of carbonyl (C=O) groups is 1. The fraction of sp³-hybridized carbons (Fsp3) is 0.316. The predicted molar refractivity (Wildman–Crippen MR) is 92.6 cm³/mol. The van der Waals surface area contributed by atoms with Crippen molar-refractivity contribution < 1.29 is 9.18 Å². The van der Waals surface area contributed by atoms with E-state index in [1.165, 1.54) is 23.3 Å². The summed E-state index contributed by atoms with van der Waals surface area (Å²) in [7, 11) is 0. The van der Waals surface area contributed by atoms with E-state index in [1.807, 2.05) is 13.8 Å². The molecule has 2 rings (SSSR count). The number of nitrogens with one attached hydrogen (secondary N) is 1. The monoisotopic (exact) mass is 303 g/mol. The summed E-state index contributed by atoms with van der Waals surface area (Å²) in [4.78, 5) is 10.9. The van der Waals surface area contributed by atoms with E-state index in [0.717, 1.165) is 0 Å². The van der Waals surface area contributed by atoms with Crippen molar-refractivity contribution in [3.63, 3.8) is 0 Å². The Balaban J connectivity index is 0.000000382. The first-order valence-electron chi connectivity index (χ1n) is 7.60. The number of aryl methyl sites for hydroxylation is 2. The van der Waals surface area contributed by atoms with E-state index < -0.39 is 5.82 Å². The van der Waals surface area contributed by atoms with E-state index in [-0.39, 0.29) is 11.6 Å². The molecule has 22 heavy (non-hydrogen) atoms. The Kier molecular flexibility index (Phi) is 10.4. The number of carbonyl (C=O) groups excluding carboxylic acids is 1. The zero-order valence-electron chi connectivity index (χ0n) is 14.1. The first-order valence-corrected chi connectivity index (χ1v) is 7.60. The average molecular weight is 303 g/mol. The molecule has 0 aliphatic rings. The maximum absolute atomic E-state index is 12.9. The molecule has 0 aliphatic carbocycles. The summed E-state index contributed by atoms with van der Waals surface area (Å²) in [6.07, 6.45) is 0.355. The van der Waals surface area contributed by atoms with Gasteiger partial charge in [-0.25, -0.2) is 4.39 Å². The first-order chi connectivity index (χ1) is 10.5. The fourth-order valence-electron chi connectivity index (χ4n) is 1.44. The fourth-order valence-corrected chi connectivity index (χ4v) is 1.44. The number of rotatable bonds is 2. The van der Waals surface area contributed by atoms with Crippen molar-refractivity contribution >= 4 is 11.6 Å². The van der Waals surface area contributed by atoms with E-state index >= 15 is 0 Å². The molecule has 1 amide bonds. The minimum Gasteiger partial charge on any atom is -0.324 e. The molecule has 2 nitrogen and oxygen atoms in total. The molecular formula is C19H26FNO. The molecule has 0 radical (unpaired) electrons. The van der Waals surface area contributed by atoms with Crippen molar-refractivity contribution in [3.05, 3.63) is 65.5 Å². The molecule has 0 heterocycles. The van der Waals surface area contributed by atoms with Gasteiger partial charge in [0, 0.05) is 6.42 Å². The Morgan fingerprint density at radius 2 is 1.41 bits per heavy atom. The van der Waals surface area contributed by atoms with Crippen LogP contribution in [0.15, 0.2) is 48.5 Å². The highest BCUT2D eigenvalue weighted by molar-refractivity contribution is 5.90. The summed E-state index contributed by atoms with van der Waals surface area (Å²) in [6.45, 7) is 9.91. The number of hydrogen-bond donors (Lipinski definition) is 1. The maximum atomic E-state index is 12.9. The van der Waals surface area contributed by atoms with Gasteiger partial charge in [0.05, 0.1) is 5.69 Å². The molecule has 0 atom stereocenters. The molecule has 0 saturated carbocycles. The van der Waals surface area contributed by atoms with Crippen molar-refractivity contribution in [3.8, 4) is 0 Å². The largest absolute Gasteiger partial charge is 0.324 e. The van der Waals surface area contributed by atoms with Crippen molar-refractivity contribution in [2.24, 2.45) is 0 Å². The summed E-state index contributed by atoms with van der Waals surface area (Å²) < 4.78 is 12.9. The molecule has 3 heteroatoms. The molecule has 0 bridgehead atoms. The van der Waals surface area contributed by atoms with Gasteiger partial charge in [0.15, 0.2) is 0 Å². The SMILES string of the molecule is CC.CCC(=O)Nc1ccccc1F.Cc1ccc(C)cc1. The third-order valence-electron chi connectivity index (χ3n) is 2.69. The second-order valence-electron chi connectivity index (χ2n) is 4.54. The molecule has 0 saturated heterocycles. The maximum Gasteiger partial charge on any atom is 0.224 e. The van der Waals surface area contributed by atoms with Crippen LogP contribution in [0, 0.1) is 19.7 Å². The molecule has 2 aromatic carbocycles. The lowest BCUT2D eigenvalue weighted by molar-refractivity contribution is -0.115. The van der Waals surface area contributed by atoms with E-state index in [2.05, 4.69) is 43.4 Å². The highest BCUT2D eigenvalue weighted by Gasteiger charge is 2.02. The van der Waals surface area contributed by atoms with Gasteiger partial charge in [-0.2, -0.15) is 0 Å². The smallest absolute Gasteiger partial charge is 0.224 e. The molecular weight excluding hydrogens is 277 g/mol. The zero-order valence-corrected chi connectivity index (χ0v) is 14.1. The number of halogens is 1. The molecule has 0 aliphatic heterocycles. The van der Waals surface area contributed by atoms with Crippen molar-refractivity contribution in [1.82, 2.24) is 0 Å². The van der Waals surface area contributed by atoms with Crippen LogP contribution in [0.4, 0.5) is 10.1 Å². The summed E-state index contributed by atoms with van der Waals surface area (Å²) in [6, 6.07) is 14.6.